The van der Waals surface area contributed by atoms with E-state index in [0.29, 0.717) is 19.8 Å². The molecule has 21 heavy (non-hydrogen) atoms. The number of para-hydroxylation sites is 1. The summed E-state index contributed by atoms with van der Waals surface area (Å²) < 4.78 is 11.0. The second kappa shape index (κ2) is 12.7. The number of unbranched alkanes of at least 4 members (excludes halogenated alkanes) is 6. The summed E-state index contributed by atoms with van der Waals surface area (Å²) in [7, 11) is 0. The maximum absolute atomic E-state index is 5.80. The van der Waals surface area contributed by atoms with Gasteiger partial charge in [0.2, 0.25) is 0 Å². The van der Waals surface area contributed by atoms with Crippen molar-refractivity contribution in [3.63, 3.8) is 0 Å². The molecule has 0 saturated carbocycles. The number of benzene rings is 1. The maximum atomic E-state index is 5.80. The Morgan fingerprint density at radius 1 is 0.905 bits per heavy atom. The van der Waals surface area contributed by atoms with Crippen LogP contribution in [0.5, 0.6) is 5.75 Å². The first-order valence-corrected chi connectivity index (χ1v) is 8.46. The highest BCUT2D eigenvalue weighted by atomic mass is 16.5. The van der Waals surface area contributed by atoms with E-state index in [2.05, 4.69) is 32.0 Å². The summed E-state index contributed by atoms with van der Waals surface area (Å²) in [4.78, 5) is 0. The molecular weight excluding hydrogens is 260 g/mol. The maximum Gasteiger partial charge on any atom is 0.122 e. The summed E-state index contributed by atoms with van der Waals surface area (Å²) in [6.45, 7) is 7.62. The van der Waals surface area contributed by atoms with Gasteiger partial charge in [-0.2, -0.15) is 0 Å². The number of aryl methyl sites for hydroxylation is 1. The van der Waals surface area contributed by atoms with Crippen LogP contribution in [0.1, 0.15) is 57.4 Å². The zero-order chi connectivity index (χ0) is 15.2. The summed E-state index contributed by atoms with van der Waals surface area (Å²) in [5.74, 6) is 1.01. The molecule has 0 amide bonds. The fourth-order valence-electron chi connectivity index (χ4n) is 2.44. The van der Waals surface area contributed by atoms with Crippen molar-refractivity contribution >= 4 is 0 Å². The lowest BCUT2D eigenvalue weighted by Gasteiger charge is -2.11. The van der Waals surface area contributed by atoms with Crippen LogP contribution in [0.3, 0.4) is 0 Å². The molecule has 119 valence electrons. The first-order chi connectivity index (χ1) is 10.4. The van der Waals surface area contributed by atoms with E-state index in [4.69, 9.17) is 9.47 Å². The Bertz CT molecular complexity index is 349. The van der Waals surface area contributed by atoms with Gasteiger partial charge in [0.25, 0.3) is 0 Å². The minimum atomic E-state index is 0.503. The van der Waals surface area contributed by atoms with Gasteiger partial charge in [0, 0.05) is 6.61 Å². The molecule has 0 N–H and O–H groups in total. The van der Waals surface area contributed by atoms with E-state index in [-0.39, 0.29) is 0 Å². The Kier molecular flexibility index (Phi) is 10.9. The van der Waals surface area contributed by atoms with Crippen LogP contribution in [0.4, 0.5) is 0 Å². The van der Waals surface area contributed by atoms with Crippen molar-refractivity contribution < 1.29 is 9.47 Å². The molecule has 0 bridgehead atoms. The van der Waals surface area contributed by atoms with Crippen molar-refractivity contribution in [3.8, 4) is 5.75 Å². The van der Waals surface area contributed by atoms with Crippen molar-refractivity contribution in [1.82, 2.24) is 0 Å². The van der Waals surface area contributed by atoms with Crippen molar-refractivity contribution in [2.75, 3.05) is 19.8 Å². The van der Waals surface area contributed by atoms with Crippen LogP contribution in [0.2, 0.25) is 0 Å². The number of rotatable bonds is 13. The Hall–Kier alpha value is -1.02. The van der Waals surface area contributed by atoms with Gasteiger partial charge in [-0.3, -0.25) is 0 Å². The summed E-state index contributed by atoms with van der Waals surface area (Å²) in [5, 5.41) is 0. The fraction of sp³-hybridized carbons (Fsp3) is 0.632. The Labute approximate surface area is 130 Å². The minimum absolute atomic E-state index is 0.503. The normalized spacial score (nSPS) is 10.8. The third-order valence-electron chi connectivity index (χ3n) is 3.65. The van der Waals surface area contributed by atoms with Crippen LogP contribution in [-0.4, -0.2) is 19.8 Å². The van der Waals surface area contributed by atoms with Crippen LogP contribution in [-0.2, 0) is 11.2 Å². The van der Waals surface area contributed by atoms with Crippen molar-refractivity contribution in [3.05, 3.63) is 36.8 Å². The summed E-state index contributed by atoms with van der Waals surface area (Å²) in [6.07, 6.45) is 10.5. The number of ether oxygens (including phenoxy) is 2. The van der Waals surface area contributed by atoms with Crippen LogP contribution in [0.15, 0.2) is 24.3 Å². The molecular formula is C19H31O2. The third-order valence-corrected chi connectivity index (χ3v) is 3.65. The van der Waals surface area contributed by atoms with Gasteiger partial charge < -0.3 is 9.47 Å². The monoisotopic (exact) mass is 291 g/mol. The predicted molar refractivity (Wildman–Crippen MR) is 89.8 cm³/mol. The van der Waals surface area contributed by atoms with E-state index in [0.717, 1.165) is 12.2 Å². The third kappa shape index (κ3) is 8.77. The SMILES string of the molecule is [CH2]COCCOc1ccccc1CCCCCCCCC. The minimum Gasteiger partial charge on any atom is -0.491 e. The Balaban J connectivity index is 2.21. The highest BCUT2D eigenvalue weighted by molar-refractivity contribution is 5.33. The molecule has 1 rings (SSSR count). The van der Waals surface area contributed by atoms with Gasteiger partial charge in [0.1, 0.15) is 12.4 Å². The van der Waals surface area contributed by atoms with Crippen LogP contribution in [0.25, 0.3) is 0 Å². The molecule has 2 nitrogen and oxygen atoms in total. The molecule has 2 heteroatoms. The van der Waals surface area contributed by atoms with Crippen molar-refractivity contribution in [1.29, 1.82) is 0 Å². The zero-order valence-corrected chi connectivity index (χ0v) is 13.6. The van der Waals surface area contributed by atoms with Crippen molar-refractivity contribution in [2.45, 2.75) is 58.3 Å². The molecule has 0 saturated heterocycles. The number of hydrogen-bond donors (Lipinski definition) is 0. The molecule has 0 spiro atoms. The van der Waals surface area contributed by atoms with E-state index in [9.17, 15) is 0 Å². The molecule has 0 atom stereocenters. The standard InChI is InChI=1S/C19H31O2/c1-3-5-6-7-8-9-10-13-18-14-11-12-15-19(18)21-17-16-20-4-2/h11-12,14-15H,2-10,13,16-17H2,1H3. The molecule has 0 aliphatic heterocycles. The average Bonchev–Trinajstić information content (AvgIpc) is 2.52. The predicted octanol–water partition coefficient (Wildman–Crippen LogP) is 5.21. The van der Waals surface area contributed by atoms with Crippen LogP contribution >= 0.6 is 0 Å². The second-order valence-corrected chi connectivity index (χ2v) is 5.44. The summed E-state index contributed by atoms with van der Waals surface area (Å²) in [6, 6.07) is 8.36. The van der Waals surface area contributed by atoms with Gasteiger partial charge in [0.15, 0.2) is 0 Å². The quantitative estimate of drug-likeness (QED) is 0.464. The molecule has 0 aliphatic carbocycles. The van der Waals surface area contributed by atoms with Crippen molar-refractivity contribution in [2.24, 2.45) is 0 Å². The molecule has 0 aromatic heterocycles. The zero-order valence-electron chi connectivity index (χ0n) is 13.6. The average molecular weight is 291 g/mol. The van der Waals surface area contributed by atoms with Crippen LogP contribution < -0.4 is 4.74 Å². The van der Waals surface area contributed by atoms with E-state index in [1.165, 1.54) is 50.5 Å². The Morgan fingerprint density at radius 2 is 1.62 bits per heavy atom. The lowest BCUT2D eigenvalue weighted by atomic mass is 10.0. The van der Waals surface area contributed by atoms with Crippen LogP contribution in [0, 0.1) is 6.92 Å². The van der Waals surface area contributed by atoms with Gasteiger partial charge in [0.05, 0.1) is 6.61 Å². The first-order valence-electron chi connectivity index (χ1n) is 8.46. The van der Waals surface area contributed by atoms with Gasteiger partial charge >= 0.3 is 0 Å². The topological polar surface area (TPSA) is 18.5 Å². The van der Waals surface area contributed by atoms with E-state index in [1.54, 1.807) is 0 Å². The second-order valence-electron chi connectivity index (χ2n) is 5.44. The fourth-order valence-corrected chi connectivity index (χ4v) is 2.44. The van der Waals surface area contributed by atoms with E-state index >= 15 is 0 Å². The van der Waals surface area contributed by atoms with Gasteiger partial charge in [-0.05, 0) is 31.4 Å². The lowest BCUT2D eigenvalue weighted by molar-refractivity contribution is 0.119. The molecule has 0 fully saturated rings. The first kappa shape index (κ1) is 18.0. The molecule has 0 aliphatic rings. The Morgan fingerprint density at radius 3 is 2.38 bits per heavy atom. The molecule has 0 unspecified atom stereocenters. The lowest BCUT2D eigenvalue weighted by Crippen LogP contribution is -2.07. The van der Waals surface area contributed by atoms with Gasteiger partial charge in [-0.25, -0.2) is 0 Å². The largest absolute Gasteiger partial charge is 0.491 e. The summed E-state index contributed by atoms with van der Waals surface area (Å²) >= 11 is 0. The van der Waals surface area contributed by atoms with E-state index in [1.807, 2.05) is 6.07 Å². The van der Waals surface area contributed by atoms with E-state index < -0.39 is 0 Å². The highest BCUT2D eigenvalue weighted by Crippen LogP contribution is 2.20. The smallest absolute Gasteiger partial charge is 0.122 e. The molecule has 0 heterocycles. The van der Waals surface area contributed by atoms with Gasteiger partial charge in [-0.1, -0.05) is 63.6 Å². The number of hydrogen-bond acceptors (Lipinski definition) is 2. The highest BCUT2D eigenvalue weighted by Gasteiger charge is 2.02. The molecule has 1 aromatic carbocycles. The summed E-state index contributed by atoms with van der Waals surface area (Å²) in [5.41, 5.74) is 1.32. The van der Waals surface area contributed by atoms with Gasteiger partial charge in [-0.15, -0.1) is 0 Å². The molecule has 1 aromatic rings. The molecule has 1 radical (unpaired) electrons.